The van der Waals surface area contributed by atoms with Crippen LogP contribution in [0.4, 0.5) is 0 Å². The van der Waals surface area contributed by atoms with Crippen LogP contribution < -0.4 is 10.5 Å². The molecule has 0 saturated heterocycles. The Balaban J connectivity index is 1.88. The van der Waals surface area contributed by atoms with Crippen molar-refractivity contribution in [3.05, 3.63) is 29.8 Å². The van der Waals surface area contributed by atoms with Crippen LogP contribution in [0.25, 0.3) is 0 Å². The molecule has 1 fully saturated rings. The monoisotopic (exact) mass is 233 g/mol. The first-order valence-corrected chi connectivity index (χ1v) is 6.77. The predicted molar refractivity (Wildman–Crippen MR) is 71.0 cm³/mol. The summed E-state index contributed by atoms with van der Waals surface area (Å²) in [6.07, 6.45) is 6.76. The number of rotatable bonds is 4. The summed E-state index contributed by atoms with van der Waals surface area (Å²) < 4.78 is 6.04. The fourth-order valence-corrected chi connectivity index (χ4v) is 2.60. The van der Waals surface area contributed by atoms with E-state index in [1.54, 1.807) is 0 Å². The Morgan fingerprint density at radius 2 is 2.00 bits per heavy atom. The van der Waals surface area contributed by atoms with Crippen LogP contribution in [0.2, 0.25) is 0 Å². The summed E-state index contributed by atoms with van der Waals surface area (Å²) in [7, 11) is 0. The zero-order chi connectivity index (χ0) is 12.1. The average molecular weight is 233 g/mol. The standard InChI is InChI=1S/C15H23NO/c1-2-12-6-8-14(9-7-12)17-15-5-3-4-13(10-15)11-16/h3-5,10,12,14H,2,6-9,11,16H2,1H3. The van der Waals surface area contributed by atoms with E-state index in [9.17, 15) is 0 Å². The Labute approximate surface area is 104 Å². The zero-order valence-corrected chi connectivity index (χ0v) is 10.7. The molecule has 0 atom stereocenters. The Morgan fingerprint density at radius 1 is 1.24 bits per heavy atom. The second-order valence-electron chi connectivity index (χ2n) is 5.02. The van der Waals surface area contributed by atoms with Crippen LogP contribution in [0.3, 0.4) is 0 Å². The maximum Gasteiger partial charge on any atom is 0.120 e. The molecule has 94 valence electrons. The predicted octanol–water partition coefficient (Wildman–Crippen LogP) is 3.49. The van der Waals surface area contributed by atoms with Gasteiger partial charge in [0, 0.05) is 6.54 Å². The van der Waals surface area contributed by atoms with Crippen LogP contribution in [0.15, 0.2) is 24.3 Å². The largest absolute Gasteiger partial charge is 0.490 e. The summed E-state index contributed by atoms with van der Waals surface area (Å²) in [5.74, 6) is 1.90. The maximum absolute atomic E-state index is 6.04. The SMILES string of the molecule is CCC1CCC(Oc2cccc(CN)c2)CC1. The molecule has 2 N–H and O–H groups in total. The highest BCUT2D eigenvalue weighted by molar-refractivity contribution is 5.28. The van der Waals surface area contributed by atoms with Crippen LogP contribution in [0.5, 0.6) is 5.75 Å². The lowest BCUT2D eigenvalue weighted by Gasteiger charge is -2.28. The number of nitrogens with two attached hydrogens (primary N) is 1. The third-order valence-electron chi connectivity index (χ3n) is 3.81. The van der Waals surface area contributed by atoms with Crippen LogP contribution in [-0.2, 0) is 6.54 Å². The van der Waals surface area contributed by atoms with Gasteiger partial charge < -0.3 is 10.5 Å². The lowest BCUT2D eigenvalue weighted by molar-refractivity contribution is 0.130. The molecule has 1 aliphatic carbocycles. The lowest BCUT2D eigenvalue weighted by Crippen LogP contribution is -2.23. The van der Waals surface area contributed by atoms with Crippen LogP contribution in [0.1, 0.15) is 44.6 Å². The molecule has 1 aromatic rings. The van der Waals surface area contributed by atoms with Crippen molar-refractivity contribution in [1.82, 2.24) is 0 Å². The van der Waals surface area contributed by atoms with Gasteiger partial charge in [0.25, 0.3) is 0 Å². The van der Waals surface area contributed by atoms with Crippen molar-refractivity contribution < 1.29 is 4.74 Å². The summed E-state index contributed by atoms with van der Waals surface area (Å²) in [4.78, 5) is 0. The summed E-state index contributed by atoms with van der Waals surface area (Å²) in [6, 6.07) is 8.16. The minimum absolute atomic E-state index is 0.408. The van der Waals surface area contributed by atoms with Gasteiger partial charge in [-0.1, -0.05) is 25.5 Å². The van der Waals surface area contributed by atoms with Gasteiger partial charge in [-0.3, -0.25) is 0 Å². The zero-order valence-electron chi connectivity index (χ0n) is 10.7. The molecule has 2 nitrogen and oxygen atoms in total. The lowest BCUT2D eigenvalue weighted by atomic mass is 9.86. The molecule has 1 saturated carbocycles. The second kappa shape index (κ2) is 6.06. The summed E-state index contributed by atoms with van der Waals surface area (Å²) >= 11 is 0. The van der Waals surface area contributed by atoms with Gasteiger partial charge in [-0.25, -0.2) is 0 Å². The molecule has 0 aliphatic heterocycles. The van der Waals surface area contributed by atoms with Crippen molar-refractivity contribution in [1.29, 1.82) is 0 Å². The molecule has 0 bridgehead atoms. The molecular weight excluding hydrogens is 210 g/mol. The van der Waals surface area contributed by atoms with Crippen molar-refractivity contribution in [3.63, 3.8) is 0 Å². The van der Waals surface area contributed by atoms with E-state index in [4.69, 9.17) is 10.5 Å². The molecule has 0 heterocycles. The molecule has 0 radical (unpaired) electrons. The maximum atomic E-state index is 6.04. The molecular formula is C15H23NO. The normalized spacial score (nSPS) is 24.6. The van der Waals surface area contributed by atoms with E-state index in [1.807, 2.05) is 18.2 Å². The van der Waals surface area contributed by atoms with Crippen molar-refractivity contribution in [3.8, 4) is 5.75 Å². The van der Waals surface area contributed by atoms with E-state index < -0.39 is 0 Å². The van der Waals surface area contributed by atoms with Gasteiger partial charge in [0.15, 0.2) is 0 Å². The minimum atomic E-state index is 0.408. The number of hydrogen-bond donors (Lipinski definition) is 1. The van der Waals surface area contributed by atoms with Gasteiger partial charge in [0.1, 0.15) is 5.75 Å². The van der Waals surface area contributed by atoms with Crippen LogP contribution in [0, 0.1) is 5.92 Å². The highest BCUT2D eigenvalue weighted by Crippen LogP contribution is 2.29. The molecule has 0 amide bonds. The molecule has 17 heavy (non-hydrogen) atoms. The summed E-state index contributed by atoms with van der Waals surface area (Å²) in [5.41, 5.74) is 6.78. The minimum Gasteiger partial charge on any atom is -0.490 e. The van der Waals surface area contributed by atoms with Gasteiger partial charge in [0.05, 0.1) is 6.10 Å². The van der Waals surface area contributed by atoms with Gasteiger partial charge in [-0.05, 0) is 49.3 Å². The topological polar surface area (TPSA) is 35.2 Å². The Hall–Kier alpha value is -1.02. The average Bonchev–Trinajstić information content (AvgIpc) is 2.40. The summed E-state index contributed by atoms with van der Waals surface area (Å²) in [5, 5.41) is 0. The van der Waals surface area contributed by atoms with Crippen LogP contribution in [-0.4, -0.2) is 6.10 Å². The number of ether oxygens (including phenoxy) is 1. The Bertz CT molecular complexity index is 343. The third kappa shape index (κ3) is 3.47. The van der Waals surface area contributed by atoms with E-state index >= 15 is 0 Å². The van der Waals surface area contributed by atoms with E-state index in [1.165, 1.54) is 32.1 Å². The van der Waals surface area contributed by atoms with Crippen LogP contribution >= 0.6 is 0 Å². The molecule has 1 aromatic carbocycles. The van der Waals surface area contributed by atoms with Gasteiger partial charge in [0.2, 0.25) is 0 Å². The third-order valence-corrected chi connectivity index (χ3v) is 3.81. The van der Waals surface area contributed by atoms with Crippen molar-refractivity contribution in [2.24, 2.45) is 11.7 Å². The van der Waals surface area contributed by atoms with Gasteiger partial charge in [-0.2, -0.15) is 0 Å². The Kier molecular flexibility index (Phi) is 4.43. The van der Waals surface area contributed by atoms with E-state index in [0.717, 1.165) is 17.2 Å². The van der Waals surface area contributed by atoms with Gasteiger partial charge in [-0.15, -0.1) is 0 Å². The van der Waals surface area contributed by atoms with Crippen molar-refractivity contribution in [2.45, 2.75) is 51.7 Å². The molecule has 2 heteroatoms. The molecule has 1 aliphatic rings. The first-order valence-electron chi connectivity index (χ1n) is 6.77. The quantitative estimate of drug-likeness (QED) is 0.864. The highest BCUT2D eigenvalue weighted by atomic mass is 16.5. The highest BCUT2D eigenvalue weighted by Gasteiger charge is 2.21. The van der Waals surface area contributed by atoms with E-state index in [2.05, 4.69) is 13.0 Å². The Morgan fingerprint density at radius 3 is 2.65 bits per heavy atom. The smallest absolute Gasteiger partial charge is 0.120 e. The number of benzene rings is 1. The number of hydrogen-bond acceptors (Lipinski definition) is 2. The van der Waals surface area contributed by atoms with Crippen molar-refractivity contribution in [2.75, 3.05) is 0 Å². The molecule has 0 aromatic heterocycles. The second-order valence-corrected chi connectivity index (χ2v) is 5.02. The molecule has 2 rings (SSSR count). The first kappa shape index (κ1) is 12.4. The molecule has 0 spiro atoms. The fraction of sp³-hybridized carbons (Fsp3) is 0.600. The summed E-state index contributed by atoms with van der Waals surface area (Å²) in [6.45, 7) is 2.87. The molecule has 0 unspecified atom stereocenters. The van der Waals surface area contributed by atoms with Crippen molar-refractivity contribution >= 4 is 0 Å². The van der Waals surface area contributed by atoms with Gasteiger partial charge >= 0.3 is 0 Å². The van der Waals surface area contributed by atoms with E-state index in [0.29, 0.717) is 12.6 Å². The fourth-order valence-electron chi connectivity index (χ4n) is 2.60. The first-order chi connectivity index (χ1) is 8.31. The van der Waals surface area contributed by atoms with E-state index in [-0.39, 0.29) is 0 Å².